The number of esters is 1. The second-order valence-corrected chi connectivity index (χ2v) is 6.20. The predicted molar refractivity (Wildman–Crippen MR) is 102 cm³/mol. The molecule has 0 aliphatic rings. The number of nitrogens with one attached hydrogen (secondary N) is 1. The molecule has 0 fully saturated rings. The van der Waals surface area contributed by atoms with E-state index in [0.29, 0.717) is 17.0 Å². The van der Waals surface area contributed by atoms with Gasteiger partial charge in [0, 0.05) is 17.3 Å². The standard InChI is InChI=1S/C21H20N2O5/c1-14-8-10-17(11-9-14)22-21(25)20(16-6-4-3-5-7-16)27-19(24)13-26-18-12-15(2)28-23-18/h3-12,20H,13H2,1-2H3,(H,22,25)/t20-/m1/s1. The van der Waals surface area contributed by atoms with Gasteiger partial charge >= 0.3 is 5.97 Å². The summed E-state index contributed by atoms with van der Waals surface area (Å²) in [6.45, 7) is 3.27. The number of aryl methyl sites for hydroxylation is 2. The highest BCUT2D eigenvalue weighted by atomic mass is 16.6. The zero-order valence-electron chi connectivity index (χ0n) is 15.5. The number of ether oxygens (including phenoxy) is 2. The van der Waals surface area contributed by atoms with Crippen LogP contribution in [0.25, 0.3) is 0 Å². The number of aromatic nitrogens is 1. The summed E-state index contributed by atoms with van der Waals surface area (Å²) in [6, 6.07) is 17.7. The Balaban J connectivity index is 1.68. The maximum absolute atomic E-state index is 12.8. The molecule has 1 aromatic heterocycles. The Hall–Kier alpha value is -3.61. The SMILES string of the molecule is Cc1ccc(NC(=O)[C@H](OC(=O)COc2cc(C)on2)c2ccccc2)cc1. The number of carbonyl (C=O) groups excluding carboxylic acids is 2. The summed E-state index contributed by atoms with van der Waals surface area (Å²) in [5.74, 6) is -0.424. The van der Waals surface area contributed by atoms with E-state index in [4.69, 9.17) is 14.0 Å². The Morgan fingerprint density at radius 2 is 1.79 bits per heavy atom. The van der Waals surface area contributed by atoms with Gasteiger partial charge in [0.2, 0.25) is 6.10 Å². The molecule has 7 heteroatoms. The highest BCUT2D eigenvalue weighted by Gasteiger charge is 2.25. The summed E-state index contributed by atoms with van der Waals surface area (Å²) in [7, 11) is 0. The third-order valence-electron chi connectivity index (χ3n) is 3.85. The normalized spacial score (nSPS) is 11.5. The Kier molecular flexibility index (Phi) is 6.06. The average Bonchev–Trinajstić information content (AvgIpc) is 3.12. The van der Waals surface area contributed by atoms with E-state index in [0.717, 1.165) is 5.56 Å². The Morgan fingerprint density at radius 3 is 2.43 bits per heavy atom. The number of hydrogen-bond acceptors (Lipinski definition) is 6. The maximum Gasteiger partial charge on any atom is 0.345 e. The summed E-state index contributed by atoms with van der Waals surface area (Å²) in [4.78, 5) is 25.0. The lowest BCUT2D eigenvalue weighted by atomic mass is 10.1. The predicted octanol–water partition coefficient (Wildman–Crippen LogP) is 3.59. The van der Waals surface area contributed by atoms with Gasteiger partial charge in [-0.2, -0.15) is 0 Å². The molecule has 0 unspecified atom stereocenters. The quantitative estimate of drug-likeness (QED) is 0.630. The summed E-state index contributed by atoms with van der Waals surface area (Å²) in [6.07, 6.45) is -1.11. The molecule has 0 saturated carbocycles. The van der Waals surface area contributed by atoms with Crippen molar-refractivity contribution in [3.05, 3.63) is 77.6 Å². The van der Waals surface area contributed by atoms with E-state index in [9.17, 15) is 9.59 Å². The molecule has 0 aliphatic carbocycles. The van der Waals surface area contributed by atoms with Gasteiger partial charge in [0.1, 0.15) is 5.76 Å². The molecule has 144 valence electrons. The van der Waals surface area contributed by atoms with Crippen LogP contribution in [0.2, 0.25) is 0 Å². The zero-order chi connectivity index (χ0) is 19.9. The molecule has 1 heterocycles. The molecule has 3 aromatic rings. The van der Waals surface area contributed by atoms with Crippen molar-refractivity contribution in [2.75, 3.05) is 11.9 Å². The van der Waals surface area contributed by atoms with Crippen LogP contribution in [0.3, 0.4) is 0 Å². The maximum atomic E-state index is 12.8. The first-order valence-electron chi connectivity index (χ1n) is 8.69. The highest BCUT2D eigenvalue weighted by molar-refractivity contribution is 5.96. The lowest BCUT2D eigenvalue weighted by Crippen LogP contribution is -2.28. The van der Waals surface area contributed by atoms with Crippen LogP contribution >= 0.6 is 0 Å². The fourth-order valence-corrected chi connectivity index (χ4v) is 2.46. The van der Waals surface area contributed by atoms with Gasteiger partial charge in [0.25, 0.3) is 11.8 Å². The number of anilines is 1. The summed E-state index contributed by atoms with van der Waals surface area (Å²) < 4.78 is 15.5. The van der Waals surface area contributed by atoms with Crippen LogP contribution in [0, 0.1) is 13.8 Å². The second kappa shape index (κ2) is 8.85. The Labute approximate surface area is 162 Å². The van der Waals surface area contributed by atoms with Crippen molar-refractivity contribution >= 4 is 17.6 Å². The minimum Gasteiger partial charge on any atom is -0.463 e. The van der Waals surface area contributed by atoms with E-state index in [-0.39, 0.29) is 5.88 Å². The van der Waals surface area contributed by atoms with Crippen molar-refractivity contribution in [3.8, 4) is 5.88 Å². The lowest BCUT2D eigenvalue weighted by Gasteiger charge is -2.18. The topological polar surface area (TPSA) is 90.7 Å². The van der Waals surface area contributed by atoms with Gasteiger partial charge in [-0.25, -0.2) is 4.79 Å². The van der Waals surface area contributed by atoms with Crippen LogP contribution < -0.4 is 10.1 Å². The van der Waals surface area contributed by atoms with Crippen molar-refractivity contribution in [2.24, 2.45) is 0 Å². The summed E-state index contributed by atoms with van der Waals surface area (Å²) in [5, 5.41) is 6.40. The molecule has 1 N–H and O–H groups in total. The van der Waals surface area contributed by atoms with Crippen molar-refractivity contribution in [2.45, 2.75) is 20.0 Å². The van der Waals surface area contributed by atoms with Crippen molar-refractivity contribution < 1.29 is 23.6 Å². The van der Waals surface area contributed by atoms with E-state index in [1.807, 2.05) is 25.1 Å². The molecule has 1 amide bonds. The number of benzene rings is 2. The van der Waals surface area contributed by atoms with Crippen molar-refractivity contribution in [1.29, 1.82) is 0 Å². The van der Waals surface area contributed by atoms with Crippen molar-refractivity contribution in [1.82, 2.24) is 5.16 Å². The molecule has 0 bridgehead atoms. The molecule has 0 radical (unpaired) electrons. The van der Waals surface area contributed by atoms with Crippen LogP contribution in [0.4, 0.5) is 5.69 Å². The molecule has 0 saturated heterocycles. The fourth-order valence-electron chi connectivity index (χ4n) is 2.46. The molecule has 0 aliphatic heterocycles. The first-order chi connectivity index (χ1) is 13.5. The van der Waals surface area contributed by atoms with E-state index in [1.165, 1.54) is 0 Å². The third-order valence-corrected chi connectivity index (χ3v) is 3.85. The number of carbonyl (C=O) groups is 2. The van der Waals surface area contributed by atoms with Crippen molar-refractivity contribution in [3.63, 3.8) is 0 Å². The number of nitrogens with zero attached hydrogens (tertiary/aromatic N) is 1. The number of amides is 1. The van der Waals surface area contributed by atoms with Gasteiger partial charge < -0.3 is 19.3 Å². The minimum absolute atomic E-state index is 0.176. The summed E-state index contributed by atoms with van der Waals surface area (Å²) in [5.41, 5.74) is 2.24. The minimum atomic E-state index is -1.11. The van der Waals surface area contributed by atoms with Crippen LogP contribution in [-0.4, -0.2) is 23.6 Å². The largest absolute Gasteiger partial charge is 0.463 e. The van der Waals surface area contributed by atoms with E-state index < -0.39 is 24.6 Å². The first kappa shape index (κ1) is 19.2. The van der Waals surface area contributed by atoms with E-state index in [1.54, 1.807) is 49.4 Å². The van der Waals surface area contributed by atoms with Gasteiger partial charge in [-0.15, -0.1) is 0 Å². The van der Waals surface area contributed by atoms with E-state index >= 15 is 0 Å². The molecular weight excluding hydrogens is 360 g/mol. The van der Waals surface area contributed by atoms with Crippen LogP contribution in [0.15, 0.2) is 65.2 Å². The van der Waals surface area contributed by atoms with Gasteiger partial charge in [0.15, 0.2) is 6.61 Å². The molecule has 7 nitrogen and oxygen atoms in total. The van der Waals surface area contributed by atoms with Gasteiger partial charge in [0.05, 0.1) is 0 Å². The average molecular weight is 380 g/mol. The van der Waals surface area contributed by atoms with Gasteiger partial charge in [-0.05, 0) is 31.1 Å². The molecule has 2 aromatic carbocycles. The number of hydrogen-bond donors (Lipinski definition) is 1. The molecule has 3 rings (SSSR count). The third kappa shape index (κ3) is 5.20. The van der Waals surface area contributed by atoms with Crippen LogP contribution in [0.1, 0.15) is 23.0 Å². The first-order valence-corrected chi connectivity index (χ1v) is 8.69. The molecular formula is C21H20N2O5. The molecule has 0 spiro atoms. The van der Waals surface area contributed by atoms with Crippen LogP contribution in [0.5, 0.6) is 5.88 Å². The summed E-state index contributed by atoms with van der Waals surface area (Å²) >= 11 is 0. The monoisotopic (exact) mass is 380 g/mol. The Morgan fingerprint density at radius 1 is 1.07 bits per heavy atom. The Bertz CT molecular complexity index is 935. The lowest BCUT2D eigenvalue weighted by molar-refractivity contribution is -0.156. The van der Waals surface area contributed by atoms with Crippen LogP contribution in [-0.2, 0) is 14.3 Å². The molecule has 28 heavy (non-hydrogen) atoms. The highest BCUT2D eigenvalue weighted by Crippen LogP contribution is 2.21. The zero-order valence-corrected chi connectivity index (χ0v) is 15.5. The fraction of sp³-hybridized carbons (Fsp3) is 0.190. The smallest absolute Gasteiger partial charge is 0.345 e. The second-order valence-electron chi connectivity index (χ2n) is 6.20. The molecule has 1 atom stereocenters. The van der Waals surface area contributed by atoms with Gasteiger partial charge in [-0.1, -0.05) is 48.0 Å². The van der Waals surface area contributed by atoms with Gasteiger partial charge in [-0.3, -0.25) is 4.79 Å². The number of rotatable bonds is 7. The van der Waals surface area contributed by atoms with E-state index in [2.05, 4.69) is 10.5 Å².